The first-order valence-corrected chi connectivity index (χ1v) is 2.30. The Morgan fingerprint density at radius 3 is 1.40 bits per heavy atom. The summed E-state index contributed by atoms with van der Waals surface area (Å²) in [5.74, 6) is -3.13. The molecule has 0 saturated heterocycles. The van der Waals surface area contributed by atoms with Crippen LogP contribution in [0.5, 0.6) is 0 Å². The SMILES string of the molecule is CC(C([O])(F)F)C(F)(F)F. The Bertz CT molecular complexity index is 97.8. The first-order valence-electron chi connectivity index (χ1n) is 2.30. The molecule has 0 aromatic carbocycles. The van der Waals surface area contributed by atoms with Crippen LogP contribution < -0.4 is 0 Å². The molecule has 0 bridgehead atoms. The van der Waals surface area contributed by atoms with E-state index in [2.05, 4.69) is 0 Å². The Kier molecular flexibility index (Phi) is 2.24. The molecule has 6 heteroatoms. The summed E-state index contributed by atoms with van der Waals surface area (Å²) in [7, 11) is 0. The maximum atomic E-state index is 11.3. The Labute approximate surface area is 53.5 Å². The van der Waals surface area contributed by atoms with Crippen LogP contribution in [-0.2, 0) is 5.11 Å². The second-order valence-electron chi connectivity index (χ2n) is 1.83. The molecule has 0 spiro atoms. The second-order valence-corrected chi connectivity index (χ2v) is 1.83. The predicted octanol–water partition coefficient (Wildman–Crippen LogP) is 2.21. The summed E-state index contributed by atoms with van der Waals surface area (Å²) in [6, 6.07) is 0. The minimum atomic E-state index is -5.12. The van der Waals surface area contributed by atoms with Gasteiger partial charge in [-0.3, -0.25) is 0 Å². The molecule has 0 aliphatic heterocycles. The van der Waals surface area contributed by atoms with E-state index in [1.165, 1.54) is 0 Å². The van der Waals surface area contributed by atoms with Crippen LogP contribution in [0, 0.1) is 5.92 Å². The summed E-state index contributed by atoms with van der Waals surface area (Å²) in [6.07, 6.45) is -10.1. The molecule has 0 saturated carbocycles. The third-order valence-electron chi connectivity index (χ3n) is 0.995. The summed E-state index contributed by atoms with van der Waals surface area (Å²) in [5.41, 5.74) is 0. The molecule has 0 N–H and O–H groups in total. The fourth-order valence-electron chi connectivity index (χ4n) is 0.191. The maximum absolute atomic E-state index is 11.3. The molecule has 1 nitrogen and oxygen atoms in total. The van der Waals surface area contributed by atoms with E-state index in [-0.39, 0.29) is 6.92 Å². The maximum Gasteiger partial charge on any atom is 0.399 e. The number of hydrogen-bond acceptors (Lipinski definition) is 0. The highest BCUT2D eigenvalue weighted by Crippen LogP contribution is 2.36. The van der Waals surface area contributed by atoms with Gasteiger partial charge in [0.2, 0.25) is 0 Å². The Morgan fingerprint density at radius 2 is 1.40 bits per heavy atom. The Morgan fingerprint density at radius 1 is 1.10 bits per heavy atom. The lowest BCUT2D eigenvalue weighted by molar-refractivity contribution is -0.335. The van der Waals surface area contributed by atoms with Crippen molar-refractivity contribution in [1.29, 1.82) is 0 Å². The van der Waals surface area contributed by atoms with Gasteiger partial charge in [-0.05, 0) is 6.92 Å². The van der Waals surface area contributed by atoms with E-state index in [9.17, 15) is 27.1 Å². The molecule has 0 aliphatic rings. The molecule has 0 aliphatic carbocycles. The lowest BCUT2D eigenvalue weighted by atomic mass is 10.1. The van der Waals surface area contributed by atoms with Crippen LogP contribution in [0.15, 0.2) is 0 Å². The molecule has 1 atom stereocenters. The summed E-state index contributed by atoms with van der Waals surface area (Å²) >= 11 is 0. The van der Waals surface area contributed by atoms with Crippen molar-refractivity contribution in [3.05, 3.63) is 0 Å². The van der Waals surface area contributed by atoms with Crippen LogP contribution in [0.2, 0.25) is 0 Å². The molecule has 61 valence electrons. The Hall–Kier alpha value is -0.390. The van der Waals surface area contributed by atoms with Crippen molar-refractivity contribution >= 4 is 0 Å². The number of halogens is 5. The monoisotopic (exact) mass is 163 g/mol. The fraction of sp³-hybridized carbons (Fsp3) is 1.00. The van der Waals surface area contributed by atoms with Gasteiger partial charge in [0.15, 0.2) is 0 Å². The smallest absolute Gasteiger partial charge is 0.173 e. The van der Waals surface area contributed by atoms with Crippen LogP contribution in [0.1, 0.15) is 6.92 Å². The van der Waals surface area contributed by atoms with Gasteiger partial charge in [0, 0.05) is 0 Å². The van der Waals surface area contributed by atoms with Gasteiger partial charge in [-0.2, -0.15) is 27.1 Å². The van der Waals surface area contributed by atoms with E-state index in [4.69, 9.17) is 0 Å². The van der Waals surface area contributed by atoms with E-state index in [0.29, 0.717) is 0 Å². The molecule has 1 radical (unpaired) electrons. The minimum absolute atomic E-state index is 0.146. The van der Waals surface area contributed by atoms with Gasteiger partial charge in [-0.25, -0.2) is 0 Å². The molecule has 0 rings (SSSR count). The zero-order valence-electron chi connectivity index (χ0n) is 4.88. The number of hydrogen-bond donors (Lipinski definition) is 0. The molecule has 0 heterocycles. The van der Waals surface area contributed by atoms with E-state index >= 15 is 0 Å². The first kappa shape index (κ1) is 9.61. The van der Waals surface area contributed by atoms with E-state index < -0.39 is 18.2 Å². The molecule has 0 aromatic rings. The normalized spacial score (nSPS) is 17.1. The summed E-state index contributed by atoms with van der Waals surface area (Å²) < 4.78 is 56.5. The highest BCUT2D eigenvalue weighted by molar-refractivity contribution is 4.68. The third-order valence-corrected chi connectivity index (χ3v) is 0.995. The highest BCUT2D eigenvalue weighted by atomic mass is 19.4. The van der Waals surface area contributed by atoms with Crippen molar-refractivity contribution in [3.63, 3.8) is 0 Å². The van der Waals surface area contributed by atoms with Crippen molar-refractivity contribution in [2.45, 2.75) is 19.2 Å². The summed E-state index contributed by atoms with van der Waals surface area (Å²) in [5, 5.41) is 9.40. The van der Waals surface area contributed by atoms with Gasteiger partial charge in [0.25, 0.3) is 0 Å². The second kappa shape index (κ2) is 2.34. The standard InChI is InChI=1S/C4H4F5O/c1-2(3(5,6)7)4(8,9)10/h2H,1H3. The van der Waals surface area contributed by atoms with E-state index in [1.807, 2.05) is 0 Å². The van der Waals surface area contributed by atoms with Gasteiger partial charge in [-0.15, -0.1) is 0 Å². The summed E-state index contributed by atoms with van der Waals surface area (Å²) in [6.45, 7) is 0.146. The quantitative estimate of drug-likeness (QED) is 0.528. The molecule has 1 unspecified atom stereocenters. The van der Waals surface area contributed by atoms with Gasteiger partial charge in [0.1, 0.15) is 5.92 Å². The molecular weight excluding hydrogens is 159 g/mol. The van der Waals surface area contributed by atoms with Crippen molar-refractivity contribution < 1.29 is 27.1 Å². The average molecular weight is 163 g/mol. The lowest BCUT2D eigenvalue weighted by Crippen LogP contribution is -2.35. The molecule has 0 fully saturated rings. The highest BCUT2D eigenvalue weighted by Gasteiger charge is 2.52. The van der Waals surface area contributed by atoms with Crippen molar-refractivity contribution in [3.8, 4) is 0 Å². The van der Waals surface area contributed by atoms with Crippen LogP contribution >= 0.6 is 0 Å². The third kappa shape index (κ3) is 2.47. The number of alkyl halides is 5. The zero-order valence-corrected chi connectivity index (χ0v) is 4.88. The Balaban J connectivity index is 4.23. The van der Waals surface area contributed by atoms with E-state index in [0.717, 1.165) is 0 Å². The first-order chi connectivity index (χ1) is 4.15. The van der Waals surface area contributed by atoms with Crippen LogP contribution in [0.4, 0.5) is 22.0 Å². The largest absolute Gasteiger partial charge is 0.399 e. The van der Waals surface area contributed by atoms with Crippen LogP contribution in [-0.4, -0.2) is 12.3 Å². The predicted molar refractivity (Wildman–Crippen MR) is 20.9 cm³/mol. The number of rotatable bonds is 1. The molecule has 0 aromatic heterocycles. The molecule has 0 amide bonds. The lowest BCUT2D eigenvalue weighted by Gasteiger charge is -2.18. The van der Waals surface area contributed by atoms with Crippen LogP contribution in [0.25, 0.3) is 0 Å². The van der Waals surface area contributed by atoms with Crippen molar-refractivity contribution in [2.24, 2.45) is 5.92 Å². The van der Waals surface area contributed by atoms with Crippen LogP contribution in [0.3, 0.4) is 0 Å². The molecular formula is C4H4F5O. The average Bonchev–Trinajstić information content (AvgIpc) is 1.59. The molecule has 10 heavy (non-hydrogen) atoms. The topological polar surface area (TPSA) is 19.9 Å². The van der Waals surface area contributed by atoms with E-state index in [1.54, 1.807) is 0 Å². The van der Waals surface area contributed by atoms with Crippen molar-refractivity contribution in [1.82, 2.24) is 0 Å². The minimum Gasteiger partial charge on any atom is -0.173 e. The van der Waals surface area contributed by atoms with Gasteiger partial charge in [-0.1, -0.05) is 0 Å². The van der Waals surface area contributed by atoms with Gasteiger partial charge >= 0.3 is 12.3 Å². The van der Waals surface area contributed by atoms with Gasteiger partial charge in [0.05, 0.1) is 0 Å². The summed E-state index contributed by atoms with van der Waals surface area (Å²) in [4.78, 5) is 0. The van der Waals surface area contributed by atoms with Gasteiger partial charge < -0.3 is 0 Å². The van der Waals surface area contributed by atoms with Crippen molar-refractivity contribution in [2.75, 3.05) is 0 Å². The fourth-order valence-corrected chi connectivity index (χ4v) is 0.191. The zero-order chi connectivity index (χ0) is 8.58.